The number of anilines is 1. The first-order chi connectivity index (χ1) is 11.2. The van der Waals surface area contributed by atoms with Crippen LogP contribution < -0.4 is 5.32 Å². The Kier molecular flexibility index (Phi) is 4.07. The quantitative estimate of drug-likeness (QED) is 0.806. The fourth-order valence-corrected chi connectivity index (χ4v) is 3.75. The Morgan fingerprint density at radius 2 is 1.79 bits per heavy atom. The molecule has 1 fully saturated rings. The predicted octanol–water partition coefficient (Wildman–Crippen LogP) is 3.82. The van der Waals surface area contributed by atoms with E-state index in [4.69, 9.17) is 11.6 Å². The molecule has 128 valence electrons. The highest BCUT2D eigenvalue weighted by molar-refractivity contribution is 6.33. The third-order valence-electron chi connectivity index (χ3n) is 4.60. The van der Waals surface area contributed by atoms with E-state index in [1.165, 1.54) is 0 Å². The number of hydrogen-bond donors (Lipinski definition) is 2. The number of amides is 1. The highest BCUT2D eigenvalue weighted by atomic mass is 35.5. The van der Waals surface area contributed by atoms with Gasteiger partial charge in [-0.15, -0.1) is 0 Å². The Morgan fingerprint density at radius 3 is 2.33 bits per heavy atom. The van der Waals surface area contributed by atoms with Crippen molar-refractivity contribution in [2.75, 3.05) is 5.32 Å². The van der Waals surface area contributed by atoms with E-state index >= 15 is 0 Å². The SMILES string of the molecule is O=C(O)C1C2C=CC(C2)C1C(=O)Nc1ccc(C(F)(F)F)cc1Cl. The van der Waals surface area contributed by atoms with Crippen LogP contribution >= 0.6 is 11.6 Å². The van der Waals surface area contributed by atoms with Gasteiger partial charge in [-0.2, -0.15) is 13.2 Å². The Morgan fingerprint density at radius 1 is 1.17 bits per heavy atom. The first kappa shape index (κ1) is 16.8. The molecule has 1 amide bonds. The number of carboxylic acids is 1. The van der Waals surface area contributed by atoms with Crippen molar-refractivity contribution in [1.82, 2.24) is 0 Å². The van der Waals surface area contributed by atoms with Crippen molar-refractivity contribution in [1.29, 1.82) is 0 Å². The van der Waals surface area contributed by atoms with Gasteiger partial charge >= 0.3 is 12.1 Å². The van der Waals surface area contributed by atoms with Gasteiger partial charge in [-0.25, -0.2) is 0 Å². The molecule has 4 atom stereocenters. The maximum Gasteiger partial charge on any atom is 0.416 e. The van der Waals surface area contributed by atoms with Crippen molar-refractivity contribution < 1.29 is 27.9 Å². The third-order valence-corrected chi connectivity index (χ3v) is 4.91. The number of halogens is 4. The minimum atomic E-state index is -4.53. The van der Waals surface area contributed by atoms with Crippen LogP contribution in [0.3, 0.4) is 0 Å². The Balaban J connectivity index is 1.80. The van der Waals surface area contributed by atoms with Crippen LogP contribution in [0.25, 0.3) is 0 Å². The number of carboxylic acid groups (broad SMARTS) is 1. The summed E-state index contributed by atoms with van der Waals surface area (Å²) < 4.78 is 37.9. The molecule has 0 aromatic heterocycles. The van der Waals surface area contributed by atoms with Gasteiger partial charge in [-0.1, -0.05) is 23.8 Å². The molecule has 24 heavy (non-hydrogen) atoms. The van der Waals surface area contributed by atoms with Gasteiger partial charge in [0.05, 0.1) is 28.1 Å². The van der Waals surface area contributed by atoms with Crippen LogP contribution in [0.5, 0.6) is 0 Å². The van der Waals surface area contributed by atoms with Gasteiger partial charge in [0.2, 0.25) is 5.91 Å². The Bertz CT molecular complexity index is 732. The lowest BCUT2D eigenvalue weighted by Crippen LogP contribution is -2.36. The standard InChI is InChI=1S/C16H13ClF3NO3/c17-10-6-9(16(18,19)20)3-4-11(10)21-14(22)12-7-1-2-8(5-7)13(12)15(23)24/h1-4,6-8,12-13H,5H2,(H,21,22)(H,23,24). The monoisotopic (exact) mass is 359 g/mol. The lowest BCUT2D eigenvalue weighted by molar-refractivity contribution is -0.146. The number of allylic oxidation sites excluding steroid dienone is 2. The van der Waals surface area contributed by atoms with Crippen molar-refractivity contribution in [2.24, 2.45) is 23.7 Å². The molecule has 2 bridgehead atoms. The predicted molar refractivity (Wildman–Crippen MR) is 80.4 cm³/mol. The summed E-state index contributed by atoms with van der Waals surface area (Å²) in [5.74, 6) is -3.54. The van der Waals surface area contributed by atoms with Gasteiger partial charge < -0.3 is 10.4 Å². The summed E-state index contributed by atoms with van der Waals surface area (Å²) in [7, 11) is 0. The number of benzene rings is 1. The average Bonchev–Trinajstić information content (AvgIpc) is 3.08. The van der Waals surface area contributed by atoms with Crippen LogP contribution in [0, 0.1) is 23.7 Å². The molecule has 0 aliphatic heterocycles. The van der Waals surface area contributed by atoms with Crippen LogP contribution in [0.4, 0.5) is 18.9 Å². The van der Waals surface area contributed by atoms with E-state index in [-0.39, 0.29) is 22.5 Å². The van der Waals surface area contributed by atoms with Crippen molar-refractivity contribution >= 4 is 29.2 Å². The second-order valence-electron chi connectivity index (χ2n) is 6.02. The number of fused-ring (bicyclic) bond motifs is 2. The topological polar surface area (TPSA) is 66.4 Å². The maximum absolute atomic E-state index is 12.6. The summed E-state index contributed by atoms with van der Waals surface area (Å²) in [5.41, 5.74) is -0.887. The first-order valence-corrected chi connectivity index (χ1v) is 7.65. The van der Waals surface area contributed by atoms with Crippen LogP contribution in [-0.2, 0) is 15.8 Å². The minimum absolute atomic E-state index is 0.0329. The highest BCUT2D eigenvalue weighted by Gasteiger charge is 2.51. The average molecular weight is 360 g/mol. The molecule has 1 aromatic rings. The Hall–Kier alpha value is -2.02. The summed E-state index contributed by atoms with van der Waals surface area (Å²) in [6, 6.07) is 2.62. The summed E-state index contributed by atoms with van der Waals surface area (Å²) in [4.78, 5) is 23.9. The fourth-order valence-electron chi connectivity index (χ4n) is 3.53. The number of hydrogen-bond acceptors (Lipinski definition) is 2. The second kappa shape index (κ2) is 5.81. The molecule has 0 saturated heterocycles. The fraction of sp³-hybridized carbons (Fsp3) is 0.375. The molecular formula is C16H13ClF3NO3. The molecule has 1 aromatic carbocycles. The molecule has 4 unspecified atom stereocenters. The van der Waals surface area contributed by atoms with E-state index in [9.17, 15) is 27.9 Å². The van der Waals surface area contributed by atoms with Crippen LogP contribution in [0.15, 0.2) is 30.4 Å². The van der Waals surface area contributed by atoms with Crippen LogP contribution in [0.2, 0.25) is 5.02 Å². The zero-order chi connectivity index (χ0) is 17.6. The van der Waals surface area contributed by atoms with E-state index in [1.54, 1.807) is 6.08 Å². The van der Waals surface area contributed by atoms with E-state index in [2.05, 4.69) is 5.32 Å². The van der Waals surface area contributed by atoms with Crippen LogP contribution in [0.1, 0.15) is 12.0 Å². The molecule has 2 N–H and O–H groups in total. The number of alkyl halides is 3. The molecule has 8 heteroatoms. The molecule has 0 heterocycles. The number of carbonyl (C=O) groups is 2. The van der Waals surface area contributed by atoms with Crippen molar-refractivity contribution in [3.63, 3.8) is 0 Å². The van der Waals surface area contributed by atoms with E-state index < -0.39 is 35.5 Å². The van der Waals surface area contributed by atoms with Gasteiger partial charge in [-0.05, 0) is 36.5 Å². The number of nitrogens with one attached hydrogen (secondary N) is 1. The largest absolute Gasteiger partial charge is 0.481 e. The number of carbonyl (C=O) groups excluding carboxylic acids is 1. The summed E-state index contributed by atoms with van der Waals surface area (Å²) >= 11 is 5.82. The molecule has 0 spiro atoms. The van der Waals surface area contributed by atoms with Gasteiger partial charge in [0.1, 0.15) is 0 Å². The lowest BCUT2D eigenvalue weighted by atomic mass is 9.82. The molecule has 2 aliphatic carbocycles. The summed E-state index contributed by atoms with van der Waals surface area (Å²) in [6.07, 6.45) is -0.313. The van der Waals surface area contributed by atoms with E-state index in [0.29, 0.717) is 6.42 Å². The van der Waals surface area contributed by atoms with Crippen molar-refractivity contribution in [3.8, 4) is 0 Å². The molecule has 1 saturated carbocycles. The zero-order valence-corrected chi connectivity index (χ0v) is 12.9. The normalized spacial score (nSPS) is 28.2. The van der Waals surface area contributed by atoms with Gasteiger partial charge in [0.15, 0.2) is 0 Å². The number of aliphatic carboxylic acids is 1. The van der Waals surface area contributed by atoms with E-state index in [1.807, 2.05) is 6.08 Å². The molecule has 3 rings (SSSR count). The highest BCUT2D eigenvalue weighted by Crippen LogP contribution is 2.48. The molecular weight excluding hydrogens is 347 g/mol. The van der Waals surface area contributed by atoms with Crippen molar-refractivity contribution in [2.45, 2.75) is 12.6 Å². The summed E-state index contributed by atoms with van der Waals surface area (Å²) in [5, 5.41) is 11.6. The minimum Gasteiger partial charge on any atom is -0.481 e. The van der Waals surface area contributed by atoms with Gasteiger partial charge in [-0.3, -0.25) is 9.59 Å². The molecule has 4 nitrogen and oxygen atoms in total. The van der Waals surface area contributed by atoms with Gasteiger partial charge in [0, 0.05) is 0 Å². The van der Waals surface area contributed by atoms with Gasteiger partial charge in [0.25, 0.3) is 0 Å². The first-order valence-electron chi connectivity index (χ1n) is 7.27. The Labute approximate surface area is 140 Å². The zero-order valence-electron chi connectivity index (χ0n) is 12.2. The smallest absolute Gasteiger partial charge is 0.416 e. The molecule has 2 aliphatic rings. The maximum atomic E-state index is 12.6. The van der Waals surface area contributed by atoms with Crippen LogP contribution in [-0.4, -0.2) is 17.0 Å². The van der Waals surface area contributed by atoms with E-state index in [0.717, 1.165) is 18.2 Å². The third kappa shape index (κ3) is 2.88. The molecule has 0 radical (unpaired) electrons. The van der Waals surface area contributed by atoms with Crippen molar-refractivity contribution in [3.05, 3.63) is 40.9 Å². The second-order valence-corrected chi connectivity index (χ2v) is 6.43. The number of rotatable bonds is 3. The lowest BCUT2D eigenvalue weighted by Gasteiger charge is -2.24. The summed E-state index contributed by atoms with van der Waals surface area (Å²) in [6.45, 7) is 0.